The standard InChI is InChI=1S/C13H19N3.F6P/c1-2-3-8-15-9-10-16(12-15)11-13-6-4-5-7-14-13;1-7(2,3,4,5)6/h4-7,9-10H,2-3,8,11-12H2,1H3;/q;-1/p+1. The summed E-state index contributed by atoms with van der Waals surface area (Å²) in [6.45, 7) is 5.29. The molecule has 0 aromatic carbocycles. The van der Waals surface area contributed by atoms with Gasteiger partial charge in [0.05, 0.1) is 18.9 Å². The minimum absolute atomic E-state index is 0. The molecule has 0 saturated carbocycles. The summed E-state index contributed by atoms with van der Waals surface area (Å²) in [7, 11) is -10.7. The van der Waals surface area contributed by atoms with Crippen molar-refractivity contribution in [1.82, 2.24) is 14.8 Å². The van der Waals surface area contributed by atoms with E-state index in [1.807, 2.05) is 18.3 Å². The summed E-state index contributed by atoms with van der Waals surface area (Å²) in [5.74, 6) is 0. The average Bonchev–Trinajstić information content (AvgIpc) is 2.81. The van der Waals surface area contributed by atoms with Gasteiger partial charge in [-0.15, -0.1) is 0 Å². The van der Waals surface area contributed by atoms with Crippen molar-refractivity contribution >= 4 is 7.81 Å². The first-order chi connectivity index (χ1) is 10.3. The molecule has 23 heavy (non-hydrogen) atoms. The Morgan fingerprint density at radius 3 is 2.22 bits per heavy atom. The molecule has 0 amide bonds. The number of aromatic nitrogens is 1. The Balaban J connectivity index is 0.000000570. The minimum atomic E-state index is -10.7. The molecule has 2 heterocycles. The number of rotatable bonds is 5. The van der Waals surface area contributed by atoms with E-state index in [0.29, 0.717) is 0 Å². The fourth-order valence-corrected chi connectivity index (χ4v) is 1.83. The van der Waals surface area contributed by atoms with Gasteiger partial charge in [0.2, 0.25) is 0 Å². The van der Waals surface area contributed by atoms with Gasteiger partial charge in [-0.1, -0.05) is 19.4 Å². The van der Waals surface area contributed by atoms with E-state index in [2.05, 4.69) is 40.2 Å². The third-order valence-corrected chi connectivity index (χ3v) is 2.74. The maximum atomic E-state index is 9.87. The summed E-state index contributed by atoms with van der Waals surface area (Å²) < 4.78 is 59.2. The van der Waals surface area contributed by atoms with Crippen molar-refractivity contribution in [2.24, 2.45) is 0 Å². The number of hydrogen-bond donors (Lipinski definition) is 0. The molecule has 1 aromatic rings. The molecule has 0 saturated heterocycles. The van der Waals surface area contributed by atoms with Crippen molar-refractivity contribution in [3.63, 3.8) is 0 Å². The van der Waals surface area contributed by atoms with Crippen LogP contribution in [0.1, 0.15) is 26.9 Å². The summed E-state index contributed by atoms with van der Waals surface area (Å²) in [5, 5.41) is 0. The van der Waals surface area contributed by atoms with Gasteiger partial charge in [0.25, 0.3) is 0 Å². The fourth-order valence-electron chi connectivity index (χ4n) is 1.83. The zero-order valence-electron chi connectivity index (χ0n) is 13.6. The van der Waals surface area contributed by atoms with Gasteiger partial charge in [-0.3, -0.25) is 4.98 Å². The van der Waals surface area contributed by atoms with E-state index in [4.69, 9.17) is 0 Å². The van der Waals surface area contributed by atoms with Gasteiger partial charge in [0.15, 0.2) is 0 Å². The van der Waals surface area contributed by atoms with Gasteiger partial charge in [-0.25, -0.2) is 0 Å². The van der Waals surface area contributed by atoms with E-state index in [1.54, 1.807) is 0 Å². The number of hydrogen-bond acceptors (Lipinski definition) is 3. The van der Waals surface area contributed by atoms with Crippen LogP contribution in [0.3, 0.4) is 0 Å². The first-order valence-corrected chi connectivity index (χ1v) is 8.99. The molecule has 1 aliphatic heterocycles. The second-order valence-corrected chi connectivity index (χ2v) is 7.05. The molecule has 10 heteroatoms. The maximum absolute atomic E-state index is 10.7. The zero-order chi connectivity index (χ0) is 17.6. The van der Waals surface area contributed by atoms with E-state index in [9.17, 15) is 25.2 Å². The van der Waals surface area contributed by atoms with Crippen LogP contribution in [-0.2, 0) is 6.54 Å². The predicted molar refractivity (Wildman–Crippen MR) is 80.1 cm³/mol. The van der Waals surface area contributed by atoms with Crippen molar-refractivity contribution < 1.29 is 26.6 Å². The number of unbranched alkanes of at least 4 members (excludes halogenated alkanes) is 1. The van der Waals surface area contributed by atoms with Crippen LogP contribution in [0.25, 0.3) is 0 Å². The fraction of sp³-hybridized carbons (Fsp3) is 0.462. The molecular formula is C13H20F6N3P. The molecule has 0 N–H and O–H groups in total. The molecule has 0 atom stereocenters. The van der Waals surface area contributed by atoms with Gasteiger partial charge in [0, 0.05) is 25.1 Å². The maximum Gasteiger partial charge on any atom is 1.00 e. The first-order valence-electron chi connectivity index (χ1n) is 6.96. The second-order valence-electron chi connectivity index (χ2n) is 5.13. The minimum Gasteiger partial charge on any atom is 1.00 e. The van der Waals surface area contributed by atoms with Gasteiger partial charge >= 0.3 is 34.4 Å². The molecule has 1 aliphatic rings. The summed E-state index contributed by atoms with van der Waals surface area (Å²) >= 11 is 0. The molecule has 2 rings (SSSR count). The summed E-state index contributed by atoms with van der Waals surface area (Å²) in [6.07, 6.45) is 8.71. The van der Waals surface area contributed by atoms with Crippen LogP contribution in [0, 0.1) is 0 Å². The molecule has 3 nitrogen and oxygen atoms in total. The molecule has 0 radical (unpaired) electrons. The quantitative estimate of drug-likeness (QED) is 0.478. The molecule has 0 bridgehead atoms. The number of nitrogens with zero attached hydrogens (tertiary/aromatic N) is 3. The van der Waals surface area contributed by atoms with E-state index < -0.39 is 7.81 Å². The van der Waals surface area contributed by atoms with Crippen molar-refractivity contribution in [3.05, 3.63) is 42.5 Å². The van der Waals surface area contributed by atoms with E-state index in [0.717, 1.165) is 25.5 Å². The van der Waals surface area contributed by atoms with Gasteiger partial charge < -0.3 is 9.80 Å². The summed E-state index contributed by atoms with van der Waals surface area (Å²) in [6, 6.07) is 6.07. The third kappa shape index (κ3) is 12.7. The Morgan fingerprint density at radius 1 is 1.09 bits per heavy atom. The Bertz CT molecular complexity index is 511. The normalized spacial score (nSPS) is 17.3. The van der Waals surface area contributed by atoms with Crippen molar-refractivity contribution in [3.8, 4) is 0 Å². The Morgan fingerprint density at radius 2 is 1.70 bits per heavy atom. The van der Waals surface area contributed by atoms with Crippen LogP contribution < -0.4 is 0 Å². The summed E-state index contributed by atoms with van der Waals surface area (Å²) in [5.41, 5.74) is 1.13. The van der Waals surface area contributed by atoms with Crippen molar-refractivity contribution in [2.45, 2.75) is 26.3 Å². The van der Waals surface area contributed by atoms with Gasteiger partial charge in [-0.2, -0.15) is 0 Å². The number of halogens is 6. The van der Waals surface area contributed by atoms with Crippen LogP contribution in [0.4, 0.5) is 25.2 Å². The average molecular weight is 363 g/mol. The molecule has 0 fully saturated rings. The SMILES string of the molecule is CCCCN1C=CN(Cc2ccccn2)C1.F[P-](F)(F)(F)(F)F.[H+]. The topological polar surface area (TPSA) is 19.4 Å². The largest absolute Gasteiger partial charge is 1.00 e. The van der Waals surface area contributed by atoms with E-state index in [1.165, 1.54) is 12.8 Å². The Labute approximate surface area is 132 Å². The molecule has 134 valence electrons. The van der Waals surface area contributed by atoms with E-state index in [-0.39, 0.29) is 1.43 Å². The Kier molecular flexibility index (Phi) is 5.57. The first kappa shape index (κ1) is 19.5. The van der Waals surface area contributed by atoms with Crippen molar-refractivity contribution in [1.29, 1.82) is 0 Å². The molecular weight excluding hydrogens is 343 g/mol. The monoisotopic (exact) mass is 363 g/mol. The van der Waals surface area contributed by atoms with Gasteiger partial charge in [0.1, 0.15) is 0 Å². The zero-order valence-corrected chi connectivity index (χ0v) is 13.5. The second kappa shape index (κ2) is 6.55. The van der Waals surface area contributed by atoms with E-state index >= 15 is 0 Å². The molecule has 0 spiro atoms. The molecule has 1 aromatic heterocycles. The van der Waals surface area contributed by atoms with Crippen LogP contribution in [0.5, 0.6) is 0 Å². The molecule has 0 aliphatic carbocycles. The van der Waals surface area contributed by atoms with Crippen LogP contribution in [-0.4, -0.2) is 28.0 Å². The van der Waals surface area contributed by atoms with Crippen LogP contribution >= 0.6 is 7.81 Å². The molecule has 0 unspecified atom stereocenters. The predicted octanol–water partition coefficient (Wildman–Crippen LogP) is 5.92. The van der Waals surface area contributed by atoms with Crippen LogP contribution in [0.15, 0.2) is 36.8 Å². The third-order valence-electron chi connectivity index (χ3n) is 2.74. The smallest absolute Gasteiger partial charge is 1.00 e. The van der Waals surface area contributed by atoms with Gasteiger partial charge in [-0.05, 0) is 18.6 Å². The number of pyridine rings is 1. The summed E-state index contributed by atoms with van der Waals surface area (Å²) in [4.78, 5) is 8.98. The van der Waals surface area contributed by atoms with Crippen LogP contribution in [0.2, 0.25) is 0 Å². The van der Waals surface area contributed by atoms with Crippen molar-refractivity contribution in [2.75, 3.05) is 13.2 Å². The Hall–Kier alpha value is -1.50.